The highest BCUT2D eigenvalue weighted by molar-refractivity contribution is 6.33. The van der Waals surface area contributed by atoms with Crippen molar-refractivity contribution in [3.8, 4) is 11.5 Å². The van der Waals surface area contributed by atoms with Crippen molar-refractivity contribution in [1.29, 1.82) is 0 Å². The molecule has 1 amide bonds. The van der Waals surface area contributed by atoms with Crippen molar-refractivity contribution in [1.82, 2.24) is 0 Å². The average Bonchev–Trinajstić information content (AvgIpc) is 2.65. The summed E-state index contributed by atoms with van der Waals surface area (Å²) >= 11 is 5.98. The summed E-state index contributed by atoms with van der Waals surface area (Å²) < 4.78 is 24.4. The highest BCUT2D eigenvalue weighted by atomic mass is 35.5. The van der Waals surface area contributed by atoms with E-state index in [0.29, 0.717) is 30.4 Å². The summed E-state index contributed by atoms with van der Waals surface area (Å²) in [7, 11) is 0. The molecule has 0 radical (unpaired) electrons. The Balaban J connectivity index is 2.05. The van der Waals surface area contributed by atoms with Gasteiger partial charge in [0.1, 0.15) is 11.9 Å². The number of ether oxygens (including phenoxy) is 2. The number of halogens is 2. The molecule has 2 aromatic carbocycles. The number of benzene rings is 2. The highest BCUT2D eigenvalue weighted by Gasteiger charge is 2.22. The second-order valence-electron chi connectivity index (χ2n) is 6.46. The summed E-state index contributed by atoms with van der Waals surface area (Å²) in [6.07, 6.45) is 0. The summed E-state index contributed by atoms with van der Waals surface area (Å²) in [6, 6.07) is 9.31. The van der Waals surface area contributed by atoms with Crippen LogP contribution in [0.5, 0.6) is 11.5 Å². The molecule has 2 rings (SSSR count). The Kier molecular flexibility index (Phi) is 8.08. The Labute approximate surface area is 170 Å². The average molecular weight is 410 g/mol. The van der Waals surface area contributed by atoms with Crippen molar-refractivity contribution >= 4 is 23.2 Å². The van der Waals surface area contributed by atoms with Gasteiger partial charge < -0.3 is 20.1 Å². The van der Waals surface area contributed by atoms with E-state index in [9.17, 15) is 9.18 Å². The number of nitrogens with two attached hydrogens (primary N) is 1. The molecule has 152 valence electrons. The molecule has 0 aliphatic heterocycles. The first-order chi connectivity index (χ1) is 13.3. The Bertz CT molecular complexity index is 816. The maximum absolute atomic E-state index is 13.1. The predicted octanol–water partition coefficient (Wildman–Crippen LogP) is 3.93. The summed E-state index contributed by atoms with van der Waals surface area (Å²) in [5.41, 5.74) is 1.41. The Morgan fingerprint density at radius 3 is 2.43 bits per heavy atom. The number of amides is 1. The molecule has 0 aliphatic rings. The SMILES string of the molecule is CCOc1ccc([C@@H](C)[NH2+][C@@H](C)C(=O)Nc2ccc(F)cc2Cl)cc1OCC. The van der Waals surface area contributed by atoms with Gasteiger partial charge in [-0.15, -0.1) is 0 Å². The third-order valence-electron chi connectivity index (χ3n) is 4.27. The molecule has 0 unspecified atom stereocenters. The number of nitrogens with one attached hydrogen (secondary N) is 1. The van der Waals surface area contributed by atoms with E-state index in [-0.39, 0.29) is 23.0 Å². The van der Waals surface area contributed by atoms with Crippen LogP contribution in [-0.2, 0) is 4.79 Å². The topological polar surface area (TPSA) is 64.2 Å². The Morgan fingerprint density at radius 2 is 1.79 bits per heavy atom. The van der Waals surface area contributed by atoms with E-state index in [4.69, 9.17) is 21.1 Å². The van der Waals surface area contributed by atoms with Crippen LogP contribution >= 0.6 is 11.6 Å². The van der Waals surface area contributed by atoms with Crippen LogP contribution in [0, 0.1) is 5.82 Å². The van der Waals surface area contributed by atoms with Crippen molar-refractivity contribution in [3.05, 3.63) is 52.8 Å². The van der Waals surface area contributed by atoms with E-state index in [1.54, 1.807) is 6.92 Å². The van der Waals surface area contributed by atoms with Crippen LogP contribution in [0.3, 0.4) is 0 Å². The molecule has 0 saturated carbocycles. The number of rotatable bonds is 9. The van der Waals surface area contributed by atoms with Gasteiger partial charge in [0.2, 0.25) is 0 Å². The molecule has 3 N–H and O–H groups in total. The summed E-state index contributed by atoms with van der Waals surface area (Å²) in [5, 5.41) is 4.85. The van der Waals surface area contributed by atoms with Crippen LogP contribution in [0.4, 0.5) is 10.1 Å². The van der Waals surface area contributed by atoms with Gasteiger partial charge in [-0.2, -0.15) is 0 Å². The van der Waals surface area contributed by atoms with E-state index < -0.39 is 5.82 Å². The number of quaternary nitrogens is 1. The third-order valence-corrected chi connectivity index (χ3v) is 4.59. The second kappa shape index (κ2) is 10.3. The van der Waals surface area contributed by atoms with Gasteiger partial charge in [0.25, 0.3) is 5.91 Å². The largest absolute Gasteiger partial charge is 0.490 e. The first-order valence-corrected chi connectivity index (χ1v) is 9.73. The molecule has 0 saturated heterocycles. The van der Waals surface area contributed by atoms with Gasteiger partial charge in [0, 0.05) is 5.56 Å². The van der Waals surface area contributed by atoms with Crippen LogP contribution < -0.4 is 20.1 Å². The fraction of sp³-hybridized carbons (Fsp3) is 0.381. The van der Waals surface area contributed by atoms with Gasteiger partial charge in [-0.1, -0.05) is 11.6 Å². The fourth-order valence-corrected chi connectivity index (χ4v) is 3.03. The zero-order chi connectivity index (χ0) is 20.7. The van der Waals surface area contributed by atoms with Crippen LogP contribution in [0.1, 0.15) is 39.3 Å². The van der Waals surface area contributed by atoms with Gasteiger partial charge in [-0.3, -0.25) is 4.79 Å². The fourth-order valence-electron chi connectivity index (χ4n) is 2.82. The van der Waals surface area contributed by atoms with Crippen molar-refractivity contribution < 1.29 is 24.0 Å². The summed E-state index contributed by atoms with van der Waals surface area (Å²) in [4.78, 5) is 12.5. The number of hydrogen-bond donors (Lipinski definition) is 2. The molecule has 0 bridgehead atoms. The van der Waals surface area contributed by atoms with Gasteiger partial charge >= 0.3 is 0 Å². The molecule has 2 atom stereocenters. The predicted molar refractivity (Wildman–Crippen MR) is 109 cm³/mol. The molecule has 0 heterocycles. The van der Waals surface area contributed by atoms with E-state index in [2.05, 4.69) is 5.32 Å². The van der Waals surface area contributed by atoms with E-state index in [1.165, 1.54) is 18.2 Å². The van der Waals surface area contributed by atoms with Crippen molar-refractivity contribution in [2.24, 2.45) is 0 Å². The van der Waals surface area contributed by atoms with Crippen molar-refractivity contribution in [2.75, 3.05) is 18.5 Å². The summed E-state index contributed by atoms with van der Waals surface area (Å²) in [6.45, 7) is 8.77. The first-order valence-electron chi connectivity index (χ1n) is 9.36. The number of carbonyl (C=O) groups excluding carboxylic acids is 1. The Hall–Kier alpha value is -2.31. The molecule has 0 spiro atoms. The normalized spacial score (nSPS) is 12.9. The smallest absolute Gasteiger partial charge is 0.282 e. The lowest BCUT2D eigenvalue weighted by atomic mass is 10.1. The highest BCUT2D eigenvalue weighted by Crippen LogP contribution is 2.30. The van der Waals surface area contributed by atoms with E-state index in [1.807, 2.05) is 44.3 Å². The minimum atomic E-state index is -0.447. The second-order valence-corrected chi connectivity index (χ2v) is 6.86. The molecule has 0 aliphatic carbocycles. The molecule has 28 heavy (non-hydrogen) atoms. The molecule has 0 fully saturated rings. The molecule has 7 heteroatoms. The van der Waals surface area contributed by atoms with Crippen LogP contribution in [0.25, 0.3) is 0 Å². The lowest BCUT2D eigenvalue weighted by molar-refractivity contribution is -0.709. The van der Waals surface area contributed by atoms with E-state index in [0.717, 1.165) is 5.56 Å². The minimum absolute atomic E-state index is 0.0133. The van der Waals surface area contributed by atoms with Gasteiger partial charge in [0.05, 0.1) is 23.9 Å². The minimum Gasteiger partial charge on any atom is -0.490 e. The molecular weight excluding hydrogens is 383 g/mol. The lowest BCUT2D eigenvalue weighted by Gasteiger charge is -2.19. The molecule has 5 nitrogen and oxygen atoms in total. The number of carbonyl (C=O) groups is 1. The summed E-state index contributed by atoms with van der Waals surface area (Å²) in [5.74, 6) is 0.738. The third kappa shape index (κ3) is 5.84. The molecular formula is C21H27ClFN2O3+. The van der Waals surface area contributed by atoms with Crippen LogP contribution in [-0.4, -0.2) is 25.2 Å². The van der Waals surface area contributed by atoms with Gasteiger partial charge in [-0.25, -0.2) is 4.39 Å². The molecule has 0 aromatic heterocycles. The van der Waals surface area contributed by atoms with Crippen LogP contribution in [0.15, 0.2) is 36.4 Å². The van der Waals surface area contributed by atoms with Gasteiger partial charge in [0.15, 0.2) is 17.5 Å². The lowest BCUT2D eigenvalue weighted by Crippen LogP contribution is -2.91. The maximum atomic E-state index is 13.1. The van der Waals surface area contributed by atoms with Crippen LogP contribution in [0.2, 0.25) is 5.02 Å². The first kappa shape index (κ1) is 22.0. The van der Waals surface area contributed by atoms with Crippen molar-refractivity contribution in [3.63, 3.8) is 0 Å². The van der Waals surface area contributed by atoms with Crippen molar-refractivity contribution in [2.45, 2.75) is 39.8 Å². The Morgan fingerprint density at radius 1 is 1.11 bits per heavy atom. The number of anilines is 1. The zero-order valence-electron chi connectivity index (χ0n) is 16.6. The van der Waals surface area contributed by atoms with Gasteiger partial charge in [-0.05, 0) is 64.1 Å². The monoisotopic (exact) mass is 409 g/mol. The maximum Gasteiger partial charge on any atom is 0.282 e. The zero-order valence-corrected chi connectivity index (χ0v) is 17.3. The molecule has 2 aromatic rings. The van der Waals surface area contributed by atoms with E-state index >= 15 is 0 Å². The quantitative estimate of drug-likeness (QED) is 0.659. The standard InChI is InChI=1S/C21H26ClFN2O3/c1-5-27-19-10-7-15(11-20(19)28-6-2)13(3)24-14(4)21(26)25-18-9-8-16(23)12-17(18)22/h7-14,24H,5-6H2,1-4H3,(H,25,26)/p+1/t13-,14+/m1/s1. The number of hydrogen-bond acceptors (Lipinski definition) is 3.